The van der Waals surface area contributed by atoms with E-state index in [2.05, 4.69) is 21.2 Å². The van der Waals surface area contributed by atoms with Gasteiger partial charge in [-0.05, 0) is 28.1 Å². The Morgan fingerprint density at radius 3 is 2.76 bits per heavy atom. The fourth-order valence-corrected chi connectivity index (χ4v) is 1.54. The van der Waals surface area contributed by atoms with E-state index in [-0.39, 0.29) is 11.3 Å². The molecule has 1 aromatic carbocycles. The van der Waals surface area contributed by atoms with Crippen molar-refractivity contribution in [2.75, 3.05) is 5.32 Å². The van der Waals surface area contributed by atoms with Gasteiger partial charge in [0.25, 0.3) is 0 Å². The van der Waals surface area contributed by atoms with Crippen LogP contribution in [0.4, 0.5) is 5.69 Å². The molecule has 0 atom stereocenters. The van der Waals surface area contributed by atoms with Crippen molar-refractivity contribution >= 4 is 39.2 Å². The molecule has 90 valence electrons. The van der Waals surface area contributed by atoms with Crippen molar-refractivity contribution in [3.8, 4) is 0 Å². The van der Waals surface area contributed by atoms with Gasteiger partial charge in [0, 0.05) is 4.47 Å². The van der Waals surface area contributed by atoms with E-state index in [1.165, 1.54) is 12.1 Å². The molecule has 0 heterocycles. The molecule has 0 bridgehead atoms. The van der Waals surface area contributed by atoms with Crippen molar-refractivity contribution in [2.24, 2.45) is 0 Å². The maximum Gasteiger partial charge on any atom is 0.337 e. The van der Waals surface area contributed by atoms with E-state index in [9.17, 15) is 14.9 Å². The van der Waals surface area contributed by atoms with Gasteiger partial charge in [0.1, 0.15) is 0 Å². The lowest BCUT2D eigenvalue weighted by atomic mass is 10.2. The molecule has 17 heavy (non-hydrogen) atoms. The maximum absolute atomic E-state index is 10.9. The minimum atomic E-state index is -1.17. The summed E-state index contributed by atoms with van der Waals surface area (Å²) in [6, 6.07) is 2.67. The van der Waals surface area contributed by atoms with E-state index >= 15 is 0 Å². The number of anilines is 1. The summed E-state index contributed by atoms with van der Waals surface area (Å²) in [4.78, 5) is 20.3. The Bertz CT molecular complexity index is 504. The largest absolute Gasteiger partial charge is 0.478 e. The molecule has 0 spiro atoms. The van der Waals surface area contributed by atoms with Crippen LogP contribution >= 0.6 is 27.5 Å². The fourth-order valence-electron chi connectivity index (χ4n) is 1.03. The highest BCUT2D eigenvalue weighted by Gasteiger charge is 2.12. The topological polar surface area (TPSA) is 92.5 Å². The molecule has 0 aromatic heterocycles. The van der Waals surface area contributed by atoms with Gasteiger partial charge < -0.3 is 10.4 Å². The number of nitrogens with one attached hydrogen (secondary N) is 1. The maximum atomic E-state index is 10.9. The van der Waals surface area contributed by atoms with Gasteiger partial charge in [-0.2, -0.15) is 0 Å². The minimum absolute atomic E-state index is 0.0470. The average molecular weight is 322 g/mol. The van der Waals surface area contributed by atoms with E-state index < -0.39 is 10.9 Å². The van der Waals surface area contributed by atoms with Gasteiger partial charge in [-0.25, -0.2) is 4.79 Å². The van der Waals surface area contributed by atoms with Gasteiger partial charge in [0.15, 0.2) is 0 Å². The molecule has 0 fully saturated rings. The Labute approximate surface area is 109 Å². The highest BCUT2D eigenvalue weighted by atomic mass is 79.9. The Kier molecular flexibility index (Phi) is 4.47. The zero-order valence-corrected chi connectivity index (χ0v) is 10.5. The Morgan fingerprint density at radius 1 is 1.59 bits per heavy atom. The van der Waals surface area contributed by atoms with Crippen LogP contribution in [0, 0.1) is 10.1 Å². The van der Waals surface area contributed by atoms with Gasteiger partial charge in [-0.15, -0.1) is 0 Å². The molecule has 0 aliphatic carbocycles. The monoisotopic (exact) mass is 320 g/mol. The number of nitrogens with zero attached hydrogens (tertiary/aromatic N) is 1. The molecule has 0 radical (unpaired) electrons. The van der Waals surface area contributed by atoms with Crippen LogP contribution in [0.25, 0.3) is 0 Å². The molecule has 2 N–H and O–H groups in total. The summed E-state index contributed by atoms with van der Waals surface area (Å²) in [5.74, 6) is -1.17. The molecule has 6 nitrogen and oxygen atoms in total. The highest BCUT2D eigenvalue weighted by Crippen LogP contribution is 2.29. The zero-order chi connectivity index (χ0) is 13.0. The minimum Gasteiger partial charge on any atom is -0.478 e. The van der Waals surface area contributed by atoms with Gasteiger partial charge in [0.05, 0.1) is 27.4 Å². The summed E-state index contributed by atoms with van der Waals surface area (Å²) < 4.78 is 0.431. The average Bonchev–Trinajstić information content (AvgIpc) is 2.22. The highest BCUT2D eigenvalue weighted by molar-refractivity contribution is 9.10. The quantitative estimate of drug-likeness (QED) is 0.657. The fraction of sp³-hybridized carbons (Fsp3) is 0. The number of carboxylic acid groups (broad SMARTS) is 1. The zero-order valence-electron chi connectivity index (χ0n) is 8.18. The Morgan fingerprint density at radius 2 is 2.24 bits per heavy atom. The summed E-state index contributed by atoms with van der Waals surface area (Å²) in [5.41, 5.74) is 0.123. The van der Waals surface area contributed by atoms with Crippen molar-refractivity contribution in [1.29, 1.82) is 0 Å². The summed E-state index contributed by atoms with van der Waals surface area (Å²) in [5, 5.41) is 21.8. The molecular weight excluding hydrogens is 315 g/mol. The summed E-state index contributed by atoms with van der Waals surface area (Å²) >= 11 is 8.88. The first-order valence-corrected chi connectivity index (χ1v) is 5.38. The van der Waals surface area contributed by atoms with Crippen LogP contribution in [0.3, 0.4) is 0 Å². The predicted molar refractivity (Wildman–Crippen MR) is 65.9 cm³/mol. The SMILES string of the molecule is O=C(O)c1cc(Br)c(Cl)cc1N/C=C/[N+](=O)[O-]. The molecule has 0 aliphatic heterocycles. The number of benzene rings is 1. The van der Waals surface area contributed by atoms with E-state index in [0.717, 1.165) is 6.20 Å². The lowest BCUT2D eigenvalue weighted by Gasteiger charge is -2.07. The van der Waals surface area contributed by atoms with Crippen LogP contribution in [-0.2, 0) is 0 Å². The van der Waals surface area contributed by atoms with E-state index in [1.54, 1.807) is 0 Å². The summed E-state index contributed by atoms with van der Waals surface area (Å²) in [6.45, 7) is 0. The smallest absolute Gasteiger partial charge is 0.337 e. The van der Waals surface area contributed by atoms with Crippen LogP contribution in [0.1, 0.15) is 10.4 Å². The van der Waals surface area contributed by atoms with E-state index in [4.69, 9.17) is 16.7 Å². The third-order valence-electron chi connectivity index (χ3n) is 1.73. The number of carbonyl (C=O) groups is 1. The molecule has 0 saturated carbocycles. The van der Waals surface area contributed by atoms with Crippen LogP contribution in [0.2, 0.25) is 5.02 Å². The van der Waals surface area contributed by atoms with Crippen LogP contribution in [0.15, 0.2) is 29.0 Å². The number of hydrogen-bond donors (Lipinski definition) is 2. The third kappa shape index (κ3) is 3.72. The first-order valence-electron chi connectivity index (χ1n) is 4.21. The molecule has 0 amide bonds. The standard InChI is InChI=1S/C9H6BrClN2O4/c10-6-3-5(9(14)15)8(4-7(6)11)12-1-2-13(16)17/h1-4,12H,(H,14,15)/b2-1+. The van der Waals surface area contributed by atoms with Crippen molar-refractivity contribution in [3.63, 3.8) is 0 Å². The van der Waals surface area contributed by atoms with Crippen LogP contribution in [0.5, 0.6) is 0 Å². The lowest BCUT2D eigenvalue weighted by molar-refractivity contribution is -0.402. The molecule has 0 aliphatic rings. The normalized spacial score (nSPS) is 10.5. The Hall–Kier alpha value is -1.60. The van der Waals surface area contributed by atoms with Crippen molar-refractivity contribution in [3.05, 3.63) is 49.7 Å². The Balaban J connectivity index is 3.08. The number of halogens is 2. The predicted octanol–water partition coefficient (Wildman–Crippen LogP) is 2.96. The molecule has 0 saturated heterocycles. The van der Waals surface area contributed by atoms with E-state index in [1.807, 2.05) is 0 Å². The summed E-state index contributed by atoms with van der Waals surface area (Å²) in [6.07, 6.45) is 1.67. The second-order valence-electron chi connectivity index (χ2n) is 2.86. The number of rotatable bonds is 4. The van der Waals surface area contributed by atoms with Gasteiger partial charge in [-0.1, -0.05) is 11.6 Å². The van der Waals surface area contributed by atoms with Crippen LogP contribution < -0.4 is 5.32 Å². The molecule has 1 rings (SSSR count). The lowest BCUT2D eigenvalue weighted by Crippen LogP contribution is -2.03. The number of carboxylic acids is 1. The third-order valence-corrected chi connectivity index (χ3v) is 2.92. The second kappa shape index (κ2) is 5.65. The molecular formula is C9H6BrClN2O4. The molecule has 8 heteroatoms. The van der Waals surface area contributed by atoms with Crippen molar-refractivity contribution in [1.82, 2.24) is 0 Å². The number of aromatic carboxylic acids is 1. The van der Waals surface area contributed by atoms with Crippen molar-refractivity contribution < 1.29 is 14.8 Å². The first kappa shape index (κ1) is 13.5. The first-order chi connectivity index (χ1) is 7.91. The van der Waals surface area contributed by atoms with Gasteiger partial charge in [0.2, 0.25) is 6.20 Å². The molecule has 1 aromatic rings. The molecule has 0 unspecified atom stereocenters. The number of nitro groups is 1. The van der Waals surface area contributed by atoms with Crippen molar-refractivity contribution in [2.45, 2.75) is 0 Å². The van der Waals surface area contributed by atoms with Gasteiger partial charge in [-0.3, -0.25) is 10.1 Å². The van der Waals surface area contributed by atoms with Gasteiger partial charge >= 0.3 is 5.97 Å². The summed E-state index contributed by atoms with van der Waals surface area (Å²) in [7, 11) is 0. The second-order valence-corrected chi connectivity index (χ2v) is 4.12. The van der Waals surface area contributed by atoms with E-state index in [0.29, 0.717) is 15.7 Å². The number of hydrogen-bond acceptors (Lipinski definition) is 4. The van der Waals surface area contributed by atoms with Crippen LogP contribution in [-0.4, -0.2) is 16.0 Å².